The third kappa shape index (κ3) is 6.39. The standard InChI is InChI=1S/C27H36N2O4S/c1-23-10-8-11-24(18-23)20-34(31,32)29-17-9-14-27(21-29,22-33-25-12-4-2-5-13-25)19-26(30)28-15-6-3-7-16-28/h2,4-5,8,10-13,18H,3,6-7,9,14-17,19-22H2,1H3/t27-/m0/s1. The van der Waals surface area contributed by atoms with Crippen LogP contribution in [0.25, 0.3) is 0 Å². The summed E-state index contributed by atoms with van der Waals surface area (Å²) in [4.78, 5) is 15.2. The number of benzene rings is 2. The molecule has 0 spiro atoms. The Kier molecular flexibility index (Phi) is 7.94. The van der Waals surface area contributed by atoms with Gasteiger partial charge in [-0.3, -0.25) is 4.79 Å². The van der Waals surface area contributed by atoms with Crippen molar-refractivity contribution in [3.8, 4) is 5.75 Å². The fourth-order valence-corrected chi connectivity index (χ4v) is 6.81. The number of carbonyl (C=O) groups is 1. The number of amides is 1. The summed E-state index contributed by atoms with van der Waals surface area (Å²) in [7, 11) is -3.51. The molecule has 1 atom stereocenters. The van der Waals surface area contributed by atoms with Gasteiger partial charge in [-0.25, -0.2) is 12.7 Å². The molecular formula is C27H36N2O4S. The number of sulfonamides is 1. The maximum Gasteiger partial charge on any atom is 0.223 e. The first kappa shape index (κ1) is 24.7. The highest BCUT2D eigenvalue weighted by Gasteiger charge is 2.42. The first-order valence-electron chi connectivity index (χ1n) is 12.3. The largest absolute Gasteiger partial charge is 0.493 e. The molecule has 4 rings (SSSR count). The second-order valence-corrected chi connectivity index (χ2v) is 11.9. The molecule has 2 aromatic carbocycles. The van der Waals surface area contributed by atoms with Crippen LogP contribution in [0.3, 0.4) is 0 Å². The second-order valence-electron chi connectivity index (χ2n) is 9.90. The van der Waals surface area contributed by atoms with Gasteiger partial charge < -0.3 is 9.64 Å². The zero-order valence-corrected chi connectivity index (χ0v) is 20.9. The monoisotopic (exact) mass is 484 g/mol. The van der Waals surface area contributed by atoms with Gasteiger partial charge >= 0.3 is 0 Å². The number of nitrogens with zero attached hydrogens (tertiary/aromatic N) is 2. The number of ether oxygens (including phenoxy) is 1. The summed E-state index contributed by atoms with van der Waals surface area (Å²) in [5.74, 6) is 0.839. The molecule has 2 aliphatic heterocycles. The van der Waals surface area contributed by atoms with E-state index in [1.807, 2.05) is 66.4 Å². The number of hydrogen-bond donors (Lipinski definition) is 0. The Balaban J connectivity index is 1.53. The third-order valence-electron chi connectivity index (χ3n) is 6.97. The molecule has 6 nitrogen and oxygen atoms in total. The highest BCUT2D eigenvalue weighted by atomic mass is 32.2. The van der Waals surface area contributed by atoms with Crippen LogP contribution in [0, 0.1) is 12.3 Å². The number of hydrogen-bond acceptors (Lipinski definition) is 4. The summed E-state index contributed by atoms with van der Waals surface area (Å²) in [6, 6.07) is 17.2. The van der Waals surface area contributed by atoms with Crippen LogP contribution >= 0.6 is 0 Å². The van der Waals surface area contributed by atoms with Crippen LogP contribution in [-0.4, -0.2) is 56.3 Å². The number of aryl methyl sites for hydroxylation is 1. The van der Waals surface area contributed by atoms with Crippen molar-refractivity contribution in [2.75, 3.05) is 32.8 Å². The molecule has 0 unspecified atom stereocenters. The zero-order chi connectivity index (χ0) is 24.0. The predicted octanol–water partition coefficient (Wildman–Crippen LogP) is 4.39. The van der Waals surface area contributed by atoms with Crippen LogP contribution in [0.15, 0.2) is 54.6 Å². The van der Waals surface area contributed by atoms with Gasteiger partial charge in [-0.15, -0.1) is 0 Å². The van der Waals surface area contributed by atoms with E-state index in [4.69, 9.17) is 4.74 Å². The lowest BCUT2D eigenvalue weighted by atomic mass is 9.78. The van der Waals surface area contributed by atoms with Crippen LogP contribution in [-0.2, 0) is 20.6 Å². The van der Waals surface area contributed by atoms with E-state index in [9.17, 15) is 13.2 Å². The van der Waals surface area contributed by atoms with Gasteiger partial charge in [0, 0.05) is 38.0 Å². The molecule has 1 amide bonds. The van der Waals surface area contributed by atoms with Crippen LogP contribution in [0.2, 0.25) is 0 Å². The molecule has 2 heterocycles. The Bertz CT molecular complexity index is 1070. The van der Waals surface area contributed by atoms with Gasteiger partial charge in [0.05, 0.1) is 12.4 Å². The summed E-state index contributed by atoms with van der Waals surface area (Å²) in [5, 5.41) is 0. The number of carbonyl (C=O) groups excluding carboxylic acids is 1. The van der Waals surface area contributed by atoms with Crippen molar-refractivity contribution in [2.24, 2.45) is 5.41 Å². The van der Waals surface area contributed by atoms with Crippen LogP contribution in [0.1, 0.15) is 49.7 Å². The lowest BCUT2D eigenvalue weighted by molar-refractivity contribution is -0.136. The fourth-order valence-electron chi connectivity index (χ4n) is 5.15. The number of likely N-dealkylation sites (tertiary alicyclic amines) is 1. The highest BCUT2D eigenvalue weighted by molar-refractivity contribution is 7.88. The molecule has 0 aromatic heterocycles. The minimum atomic E-state index is -3.51. The first-order valence-corrected chi connectivity index (χ1v) is 14.0. The molecule has 0 N–H and O–H groups in total. The van der Waals surface area contributed by atoms with Crippen LogP contribution in [0.4, 0.5) is 0 Å². The average Bonchev–Trinajstić information content (AvgIpc) is 2.84. The van der Waals surface area contributed by atoms with Crippen molar-refractivity contribution in [1.29, 1.82) is 0 Å². The SMILES string of the molecule is Cc1cccc(CS(=O)(=O)N2CCC[C@](COc3ccccc3)(CC(=O)N3CCCCC3)C2)c1. The van der Waals surface area contributed by atoms with Crippen LogP contribution < -0.4 is 4.74 Å². The Labute approximate surface area is 204 Å². The van der Waals surface area contributed by atoms with Crippen molar-refractivity contribution in [3.63, 3.8) is 0 Å². The Morgan fingerprint density at radius 3 is 2.47 bits per heavy atom. The molecule has 2 aliphatic rings. The Morgan fingerprint density at radius 2 is 1.74 bits per heavy atom. The van der Waals surface area contributed by atoms with Gasteiger partial charge in [0.15, 0.2) is 0 Å². The maximum absolute atomic E-state index is 13.4. The molecule has 2 fully saturated rings. The summed E-state index contributed by atoms with van der Waals surface area (Å²) < 4.78 is 34.5. The van der Waals surface area contributed by atoms with Crippen molar-refractivity contribution in [2.45, 2.75) is 51.2 Å². The number of piperidine rings is 2. The smallest absolute Gasteiger partial charge is 0.223 e. The van der Waals surface area contributed by atoms with E-state index in [1.54, 1.807) is 4.31 Å². The maximum atomic E-state index is 13.4. The Hall–Kier alpha value is -2.38. The lowest BCUT2D eigenvalue weighted by Crippen LogP contribution is -2.51. The van der Waals surface area contributed by atoms with E-state index < -0.39 is 15.4 Å². The summed E-state index contributed by atoms with van der Waals surface area (Å²) in [6.07, 6.45) is 5.05. The zero-order valence-electron chi connectivity index (χ0n) is 20.1. The molecule has 2 saturated heterocycles. The highest BCUT2D eigenvalue weighted by Crippen LogP contribution is 2.37. The number of rotatable bonds is 8. The van der Waals surface area contributed by atoms with E-state index >= 15 is 0 Å². The molecule has 7 heteroatoms. The van der Waals surface area contributed by atoms with E-state index in [0.717, 1.165) is 62.1 Å². The minimum absolute atomic E-state index is 0.0234. The summed E-state index contributed by atoms with van der Waals surface area (Å²) >= 11 is 0. The third-order valence-corrected chi connectivity index (χ3v) is 8.77. The average molecular weight is 485 g/mol. The normalized spacial score (nSPS) is 21.9. The van der Waals surface area contributed by atoms with E-state index in [1.165, 1.54) is 0 Å². The van der Waals surface area contributed by atoms with Gasteiger partial charge in [-0.2, -0.15) is 0 Å². The molecule has 0 aliphatic carbocycles. The van der Waals surface area contributed by atoms with Crippen molar-refractivity contribution in [3.05, 3.63) is 65.7 Å². The molecule has 0 saturated carbocycles. The van der Waals surface area contributed by atoms with Gasteiger partial charge in [-0.1, -0.05) is 48.0 Å². The summed E-state index contributed by atoms with van der Waals surface area (Å²) in [6.45, 7) is 4.68. The molecular weight excluding hydrogens is 448 g/mol. The molecule has 2 aromatic rings. The lowest BCUT2D eigenvalue weighted by Gasteiger charge is -2.42. The summed E-state index contributed by atoms with van der Waals surface area (Å²) in [5.41, 5.74) is 1.30. The topological polar surface area (TPSA) is 66.9 Å². The molecule has 34 heavy (non-hydrogen) atoms. The second kappa shape index (κ2) is 10.9. The van der Waals surface area contributed by atoms with Crippen molar-refractivity contribution in [1.82, 2.24) is 9.21 Å². The number of para-hydroxylation sites is 1. The first-order chi connectivity index (χ1) is 16.4. The Morgan fingerprint density at radius 1 is 0.971 bits per heavy atom. The van der Waals surface area contributed by atoms with Crippen molar-refractivity contribution >= 4 is 15.9 Å². The van der Waals surface area contributed by atoms with E-state index in [0.29, 0.717) is 26.1 Å². The molecule has 0 bridgehead atoms. The van der Waals surface area contributed by atoms with E-state index in [-0.39, 0.29) is 11.7 Å². The van der Waals surface area contributed by atoms with Gasteiger partial charge in [0.1, 0.15) is 5.75 Å². The van der Waals surface area contributed by atoms with Gasteiger partial charge in [0.2, 0.25) is 15.9 Å². The van der Waals surface area contributed by atoms with Crippen molar-refractivity contribution < 1.29 is 17.9 Å². The predicted molar refractivity (Wildman–Crippen MR) is 134 cm³/mol. The molecule has 0 radical (unpaired) electrons. The minimum Gasteiger partial charge on any atom is -0.493 e. The fraction of sp³-hybridized carbons (Fsp3) is 0.519. The van der Waals surface area contributed by atoms with Crippen LogP contribution in [0.5, 0.6) is 5.75 Å². The molecule has 184 valence electrons. The van der Waals surface area contributed by atoms with Gasteiger partial charge in [-0.05, 0) is 56.7 Å². The van der Waals surface area contributed by atoms with Gasteiger partial charge in [0.25, 0.3) is 0 Å². The van der Waals surface area contributed by atoms with E-state index in [2.05, 4.69) is 0 Å². The quantitative estimate of drug-likeness (QED) is 0.557.